The van der Waals surface area contributed by atoms with Gasteiger partial charge in [-0.2, -0.15) is 0 Å². The van der Waals surface area contributed by atoms with Crippen molar-refractivity contribution in [2.75, 3.05) is 0 Å². The van der Waals surface area contributed by atoms with E-state index in [1.807, 2.05) is 0 Å². The van der Waals surface area contributed by atoms with Gasteiger partial charge in [-0.3, -0.25) is 0 Å². The fraction of sp³-hybridized carbons (Fsp3) is 0. The first-order valence-electron chi connectivity index (χ1n) is 2.50. The Morgan fingerprint density at radius 1 is 1.20 bits per heavy atom. The predicted octanol–water partition coefficient (Wildman–Crippen LogP) is 0.0338. The van der Waals surface area contributed by atoms with Crippen molar-refractivity contribution in [2.24, 2.45) is 0 Å². The van der Waals surface area contributed by atoms with Gasteiger partial charge in [0.1, 0.15) is 0 Å². The molecular formula is C6H5NaO2P. The number of rotatable bonds is 1. The summed E-state index contributed by atoms with van der Waals surface area (Å²) in [6.45, 7) is 0. The Bertz CT molecular complexity index is 212. The molecule has 0 saturated heterocycles. The Hall–Kier alpha value is 0.280. The van der Waals surface area contributed by atoms with Crippen molar-refractivity contribution in [3.8, 4) is 0 Å². The fourth-order valence-electron chi connectivity index (χ4n) is 0.550. The normalized spacial score (nSPS) is 9.90. The molecule has 47 valence electrons. The predicted molar refractivity (Wildman–Crippen MR) is 39.4 cm³/mol. The van der Waals surface area contributed by atoms with Gasteiger partial charge in [-0.1, -0.05) is 22.8 Å². The smallest absolute Gasteiger partial charge is 0.348 e. The molecule has 0 saturated carbocycles. The minimum absolute atomic E-state index is 0. The van der Waals surface area contributed by atoms with Gasteiger partial charge in [0.05, 0.1) is 0 Å². The summed E-state index contributed by atoms with van der Waals surface area (Å²) in [6.07, 6.45) is 0. The molecule has 1 unspecified atom stereocenters. The zero-order chi connectivity index (χ0) is 6.69. The Kier molecular flexibility index (Phi) is 5.14. The van der Waals surface area contributed by atoms with Gasteiger partial charge in [-0.25, -0.2) is 0 Å². The van der Waals surface area contributed by atoms with Gasteiger partial charge in [-0.05, 0) is 12.1 Å². The molecule has 4 heteroatoms. The second kappa shape index (κ2) is 5.00. The van der Waals surface area contributed by atoms with Crippen LogP contribution in [0.1, 0.15) is 0 Å². The topological polar surface area (TPSA) is 40.1 Å². The molecule has 0 fully saturated rings. The van der Waals surface area contributed by atoms with Gasteiger partial charge in [0.25, 0.3) is 0 Å². The Labute approximate surface area is 82.4 Å². The zero-order valence-electron chi connectivity index (χ0n) is 5.65. The Morgan fingerprint density at radius 3 is 2.00 bits per heavy atom. The summed E-state index contributed by atoms with van der Waals surface area (Å²) in [5.41, 5.74) is 0. The first kappa shape index (κ1) is 10.3. The van der Waals surface area contributed by atoms with Crippen molar-refractivity contribution >= 4 is 42.9 Å². The van der Waals surface area contributed by atoms with E-state index in [2.05, 4.69) is 0 Å². The second-order valence-electron chi connectivity index (χ2n) is 1.59. The van der Waals surface area contributed by atoms with Gasteiger partial charge in [0.15, 0.2) is 5.30 Å². The van der Waals surface area contributed by atoms with Crippen molar-refractivity contribution in [2.45, 2.75) is 0 Å². The Balaban J connectivity index is 0.000000810. The van der Waals surface area contributed by atoms with Gasteiger partial charge >= 0.3 is 8.03 Å². The van der Waals surface area contributed by atoms with E-state index in [-0.39, 0.29) is 29.6 Å². The van der Waals surface area contributed by atoms with E-state index >= 15 is 0 Å². The molecule has 0 aliphatic heterocycles. The van der Waals surface area contributed by atoms with Crippen LogP contribution >= 0.6 is 8.03 Å². The molecule has 1 aromatic carbocycles. The van der Waals surface area contributed by atoms with Crippen LogP contribution < -0.4 is 10.2 Å². The van der Waals surface area contributed by atoms with Crippen LogP contribution in [0.5, 0.6) is 0 Å². The molecule has 1 atom stereocenters. The third kappa shape index (κ3) is 2.91. The molecular weight excluding hydrogens is 158 g/mol. The average molecular weight is 163 g/mol. The molecule has 0 aliphatic rings. The van der Waals surface area contributed by atoms with E-state index in [0.29, 0.717) is 5.30 Å². The molecule has 1 rings (SSSR count). The maximum absolute atomic E-state index is 10.2. The van der Waals surface area contributed by atoms with E-state index in [1.54, 1.807) is 30.3 Å². The third-order valence-electron chi connectivity index (χ3n) is 0.967. The van der Waals surface area contributed by atoms with Crippen LogP contribution in [0.2, 0.25) is 0 Å². The molecule has 0 N–H and O–H groups in total. The molecule has 0 amide bonds. The first-order chi connectivity index (χ1) is 4.30. The molecule has 10 heavy (non-hydrogen) atoms. The number of hydrogen-bond donors (Lipinski definition) is 0. The molecule has 2 nitrogen and oxygen atoms in total. The summed E-state index contributed by atoms with van der Waals surface area (Å²) in [7, 11) is -2.40. The molecule has 0 spiro atoms. The minimum Gasteiger partial charge on any atom is -0.591 e. The summed E-state index contributed by atoms with van der Waals surface area (Å²) in [5, 5.41) is 0.368. The van der Waals surface area contributed by atoms with Gasteiger partial charge < -0.3 is 4.89 Å². The maximum atomic E-state index is 10.2. The standard InChI is InChI=1S/C6H5O2P.Na/c7-9(8)6-4-2-1-3-5-6;/h1-5H;. The summed E-state index contributed by atoms with van der Waals surface area (Å²) in [5.74, 6) is 0. The summed E-state index contributed by atoms with van der Waals surface area (Å²) >= 11 is 0. The quantitative estimate of drug-likeness (QED) is 0.433. The van der Waals surface area contributed by atoms with Crippen LogP contribution in [0.15, 0.2) is 30.3 Å². The third-order valence-corrected chi connectivity index (χ3v) is 1.69. The number of hydrogen-bond acceptors (Lipinski definition) is 2. The molecule has 0 bridgehead atoms. The summed E-state index contributed by atoms with van der Waals surface area (Å²) in [4.78, 5) is 10.2. The number of benzene rings is 1. The zero-order valence-corrected chi connectivity index (χ0v) is 8.54. The fourth-order valence-corrected chi connectivity index (χ4v) is 0.965. The van der Waals surface area contributed by atoms with Gasteiger partial charge in [0, 0.05) is 29.6 Å². The molecule has 0 heterocycles. The van der Waals surface area contributed by atoms with E-state index < -0.39 is 8.03 Å². The molecule has 0 aromatic heterocycles. The first-order valence-corrected chi connectivity index (χ1v) is 3.68. The molecule has 1 aromatic rings. The van der Waals surface area contributed by atoms with Crippen molar-refractivity contribution in [3.63, 3.8) is 0 Å². The average Bonchev–Trinajstić information content (AvgIpc) is 1.90. The van der Waals surface area contributed by atoms with Crippen LogP contribution in [-0.4, -0.2) is 29.6 Å². The van der Waals surface area contributed by atoms with Crippen LogP contribution in [-0.2, 0) is 4.57 Å². The van der Waals surface area contributed by atoms with E-state index in [4.69, 9.17) is 0 Å². The van der Waals surface area contributed by atoms with Gasteiger partial charge in [0.2, 0.25) is 0 Å². The van der Waals surface area contributed by atoms with E-state index in [0.717, 1.165) is 0 Å². The van der Waals surface area contributed by atoms with E-state index in [1.165, 1.54) is 0 Å². The van der Waals surface area contributed by atoms with E-state index in [9.17, 15) is 9.46 Å². The summed E-state index contributed by atoms with van der Waals surface area (Å²) < 4.78 is 10.2. The second-order valence-corrected chi connectivity index (χ2v) is 2.62. The SMILES string of the molecule is O=[P+]([O-])c1ccccc1.[Na]. The van der Waals surface area contributed by atoms with Crippen molar-refractivity contribution < 1.29 is 9.46 Å². The maximum Gasteiger partial charge on any atom is 0.348 e. The van der Waals surface area contributed by atoms with Crippen LogP contribution in [0.25, 0.3) is 0 Å². The van der Waals surface area contributed by atoms with Crippen molar-refractivity contribution in [3.05, 3.63) is 30.3 Å². The monoisotopic (exact) mass is 163 g/mol. The van der Waals surface area contributed by atoms with Crippen molar-refractivity contribution in [1.29, 1.82) is 0 Å². The van der Waals surface area contributed by atoms with Crippen LogP contribution in [0, 0.1) is 0 Å². The van der Waals surface area contributed by atoms with Crippen molar-refractivity contribution in [1.82, 2.24) is 0 Å². The molecule has 1 radical (unpaired) electrons. The molecule has 0 aliphatic carbocycles. The van der Waals surface area contributed by atoms with Crippen LogP contribution in [0.3, 0.4) is 0 Å². The van der Waals surface area contributed by atoms with Crippen LogP contribution in [0.4, 0.5) is 0 Å². The van der Waals surface area contributed by atoms with Gasteiger partial charge in [-0.15, -0.1) is 0 Å². The Morgan fingerprint density at radius 2 is 1.70 bits per heavy atom. The minimum atomic E-state index is -2.40. The largest absolute Gasteiger partial charge is 0.591 e. The summed E-state index contributed by atoms with van der Waals surface area (Å²) in [6, 6.07) is 8.29.